The molecular weight excluding hydrogens is 306 g/mol. The van der Waals surface area contributed by atoms with E-state index in [0.29, 0.717) is 17.8 Å². The third-order valence-corrected chi connectivity index (χ3v) is 4.25. The Morgan fingerprint density at radius 3 is 2.88 bits per heavy atom. The Bertz CT molecular complexity index is 876. The maximum absolute atomic E-state index is 12.5. The summed E-state index contributed by atoms with van der Waals surface area (Å²) in [6.45, 7) is 4.24. The highest BCUT2D eigenvalue weighted by Gasteiger charge is 2.18. The van der Waals surface area contributed by atoms with Crippen molar-refractivity contribution in [3.05, 3.63) is 47.7 Å². The Morgan fingerprint density at radius 2 is 2.12 bits per heavy atom. The predicted molar refractivity (Wildman–Crippen MR) is 89.0 cm³/mol. The monoisotopic (exact) mass is 325 g/mol. The summed E-state index contributed by atoms with van der Waals surface area (Å²) in [4.78, 5) is 19.3. The number of anilines is 1. The normalized spacial score (nSPS) is 14.5. The van der Waals surface area contributed by atoms with Gasteiger partial charge in [-0.2, -0.15) is 5.10 Å². The average Bonchev–Trinajstić information content (AvgIpc) is 3.32. The number of aryl methyl sites for hydroxylation is 1. The number of nitrogens with zero attached hydrogens (tertiary/aromatic N) is 4. The van der Waals surface area contributed by atoms with Gasteiger partial charge in [0.15, 0.2) is 5.65 Å². The first-order chi connectivity index (χ1) is 11.7. The molecule has 4 heterocycles. The zero-order chi connectivity index (χ0) is 16.5. The molecule has 1 aliphatic heterocycles. The minimum absolute atomic E-state index is 0.204. The van der Waals surface area contributed by atoms with Crippen LogP contribution >= 0.6 is 0 Å². The Balaban J connectivity index is 1.56. The number of aromatic nitrogens is 3. The first-order valence-corrected chi connectivity index (χ1v) is 8.13. The van der Waals surface area contributed by atoms with Crippen molar-refractivity contribution in [1.29, 1.82) is 0 Å². The molecule has 1 N–H and O–H groups in total. The molecule has 0 radical (unpaired) electrons. The van der Waals surface area contributed by atoms with Crippen LogP contribution in [-0.4, -0.2) is 33.6 Å². The Labute approximate surface area is 139 Å². The van der Waals surface area contributed by atoms with Crippen molar-refractivity contribution in [1.82, 2.24) is 19.9 Å². The Morgan fingerprint density at radius 1 is 1.29 bits per heavy atom. The van der Waals surface area contributed by atoms with Crippen LogP contribution in [0.1, 0.15) is 34.7 Å². The smallest absolute Gasteiger partial charge is 0.257 e. The Kier molecular flexibility index (Phi) is 3.68. The summed E-state index contributed by atoms with van der Waals surface area (Å²) >= 11 is 0. The molecule has 124 valence electrons. The molecule has 1 amide bonds. The maximum Gasteiger partial charge on any atom is 0.257 e. The number of amides is 1. The highest BCUT2D eigenvalue weighted by atomic mass is 16.3. The van der Waals surface area contributed by atoms with Gasteiger partial charge in [0.2, 0.25) is 0 Å². The molecule has 7 nitrogen and oxygen atoms in total. The zero-order valence-electron chi connectivity index (χ0n) is 13.5. The molecule has 0 unspecified atom stereocenters. The molecule has 0 bridgehead atoms. The van der Waals surface area contributed by atoms with E-state index in [-0.39, 0.29) is 5.91 Å². The van der Waals surface area contributed by atoms with Crippen molar-refractivity contribution >= 4 is 17.4 Å². The van der Waals surface area contributed by atoms with E-state index in [2.05, 4.69) is 20.3 Å². The van der Waals surface area contributed by atoms with Crippen LogP contribution in [0.15, 0.2) is 35.0 Å². The molecule has 0 atom stereocenters. The summed E-state index contributed by atoms with van der Waals surface area (Å²) in [5.41, 5.74) is 1.05. The van der Waals surface area contributed by atoms with Gasteiger partial charge in [-0.05, 0) is 38.0 Å². The van der Waals surface area contributed by atoms with Gasteiger partial charge in [-0.25, -0.2) is 9.50 Å². The summed E-state index contributed by atoms with van der Waals surface area (Å²) in [5.74, 6) is 2.25. The summed E-state index contributed by atoms with van der Waals surface area (Å²) in [7, 11) is 0. The molecule has 3 aromatic heterocycles. The van der Waals surface area contributed by atoms with Gasteiger partial charge >= 0.3 is 0 Å². The number of hydrogen-bond donors (Lipinski definition) is 1. The van der Waals surface area contributed by atoms with Gasteiger partial charge in [-0.1, -0.05) is 0 Å². The van der Waals surface area contributed by atoms with E-state index >= 15 is 0 Å². The van der Waals surface area contributed by atoms with Crippen LogP contribution in [0.2, 0.25) is 0 Å². The van der Waals surface area contributed by atoms with Crippen LogP contribution in [0.3, 0.4) is 0 Å². The molecule has 0 spiro atoms. The lowest BCUT2D eigenvalue weighted by Crippen LogP contribution is -2.23. The van der Waals surface area contributed by atoms with Crippen molar-refractivity contribution in [2.75, 3.05) is 18.0 Å². The lowest BCUT2D eigenvalue weighted by molar-refractivity contribution is 0.0949. The van der Waals surface area contributed by atoms with Gasteiger partial charge in [0.25, 0.3) is 5.91 Å². The van der Waals surface area contributed by atoms with Crippen LogP contribution in [0.25, 0.3) is 5.65 Å². The van der Waals surface area contributed by atoms with Gasteiger partial charge in [-0.3, -0.25) is 4.79 Å². The highest BCUT2D eigenvalue weighted by Crippen LogP contribution is 2.19. The summed E-state index contributed by atoms with van der Waals surface area (Å²) in [6, 6.07) is 5.68. The van der Waals surface area contributed by atoms with Gasteiger partial charge < -0.3 is 14.6 Å². The number of carbonyl (C=O) groups is 1. The summed E-state index contributed by atoms with van der Waals surface area (Å²) < 4.78 is 7.10. The lowest BCUT2D eigenvalue weighted by atomic mass is 10.3. The molecule has 7 heteroatoms. The van der Waals surface area contributed by atoms with Crippen LogP contribution in [0.5, 0.6) is 0 Å². The molecular formula is C17H19N5O2. The number of nitrogens with one attached hydrogen (secondary N) is 1. The second kappa shape index (κ2) is 5.99. The predicted octanol–water partition coefficient (Wildman–Crippen LogP) is 2.16. The van der Waals surface area contributed by atoms with E-state index in [1.807, 2.05) is 31.3 Å². The highest BCUT2D eigenvalue weighted by molar-refractivity contribution is 5.99. The van der Waals surface area contributed by atoms with Gasteiger partial charge in [-0.15, -0.1) is 0 Å². The molecule has 0 aromatic carbocycles. The topological polar surface area (TPSA) is 75.7 Å². The summed E-state index contributed by atoms with van der Waals surface area (Å²) in [6.07, 6.45) is 5.77. The molecule has 4 rings (SSSR count). The average molecular weight is 325 g/mol. The number of hydrogen-bond acceptors (Lipinski definition) is 5. The second-order valence-electron chi connectivity index (χ2n) is 6.00. The van der Waals surface area contributed by atoms with Crippen LogP contribution in [0, 0.1) is 6.92 Å². The van der Waals surface area contributed by atoms with E-state index in [4.69, 9.17) is 4.42 Å². The SMILES string of the molecule is Cc1ccc(CNC(=O)c2cnn3ccc(N4CCCC4)nc23)o1. The minimum atomic E-state index is -0.204. The number of carbonyl (C=O) groups excluding carboxylic acids is 1. The molecule has 3 aromatic rings. The number of fused-ring (bicyclic) bond motifs is 1. The van der Waals surface area contributed by atoms with E-state index in [1.54, 1.807) is 10.7 Å². The van der Waals surface area contributed by atoms with Crippen LogP contribution in [-0.2, 0) is 6.54 Å². The number of rotatable bonds is 4. The fraction of sp³-hybridized carbons (Fsp3) is 0.353. The maximum atomic E-state index is 12.5. The fourth-order valence-corrected chi connectivity index (χ4v) is 2.98. The van der Waals surface area contributed by atoms with E-state index < -0.39 is 0 Å². The van der Waals surface area contributed by atoms with Gasteiger partial charge in [0.05, 0.1) is 12.7 Å². The first kappa shape index (κ1) is 14.7. The second-order valence-corrected chi connectivity index (χ2v) is 6.00. The third-order valence-electron chi connectivity index (χ3n) is 4.25. The molecule has 24 heavy (non-hydrogen) atoms. The molecule has 0 saturated carbocycles. The molecule has 1 aliphatic rings. The number of furan rings is 1. The van der Waals surface area contributed by atoms with Crippen molar-refractivity contribution in [2.45, 2.75) is 26.3 Å². The van der Waals surface area contributed by atoms with E-state index in [0.717, 1.165) is 30.4 Å². The minimum Gasteiger partial charge on any atom is -0.465 e. The zero-order valence-corrected chi connectivity index (χ0v) is 13.5. The van der Waals surface area contributed by atoms with Crippen molar-refractivity contribution < 1.29 is 9.21 Å². The summed E-state index contributed by atoms with van der Waals surface area (Å²) in [5, 5.41) is 7.07. The molecule has 0 aliphatic carbocycles. The van der Waals surface area contributed by atoms with Crippen LogP contribution in [0.4, 0.5) is 5.82 Å². The van der Waals surface area contributed by atoms with Crippen molar-refractivity contribution in [3.63, 3.8) is 0 Å². The van der Waals surface area contributed by atoms with Crippen LogP contribution < -0.4 is 10.2 Å². The quantitative estimate of drug-likeness (QED) is 0.795. The molecule has 1 fully saturated rings. The lowest BCUT2D eigenvalue weighted by Gasteiger charge is -2.16. The fourth-order valence-electron chi connectivity index (χ4n) is 2.98. The Hall–Kier alpha value is -2.83. The van der Waals surface area contributed by atoms with Gasteiger partial charge in [0.1, 0.15) is 22.9 Å². The first-order valence-electron chi connectivity index (χ1n) is 8.13. The van der Waals surface area contributed by atoms with Crippen molar-refractivity contribution in [2.24, 2.45) is 0 Å². The van der Waals surface area contributed by atoms with Crippen molar-refractivity contribution in [3.8, 4) is 0 Å². The van der Waals surface area contributed by atoms with E-state index in [9.17, 15) is 4.79 Å². The third kappa shape index (κ3) is 2.73. The molecule has 1 saturated heterocycles. The van der Waals surface area contributed by atoms with E-state index in [1.165, 1.54) is 12.8 Å². The van der Waals surface area contributed by atoms with Gasteiger partial charge in [0, 0.05) is 19.3 Å². The standard InChI is InChI=1S/C17H19N5O2/c1-12-4-5-13(24-12)10-18-17(23)14-11-19-22-9-6-15(20-16(14)22)21-7-2-3-8-21/h4-6,9,11H,2-3,7-8,10H2,1H3,(H,18,23). The largest absolute Gasteiger partial charge is 0.465 e.